The molecule has 0 bridgehead atoms. The zero-order chi connectivity index (χ0) is 17.3. The Morgan fingerprint density at radius 2 is 1.96 bits per heavy atom. The third-order valence-corrected chi connectivity index (χ3v) is 3.20. The number of hydrogen-bond donors (Lipinski definition) is 1. The van der Waals surface area contributed by atoms with Gasteiger partial charge in [-0.1, -0.05) is 24.3 Å². The van der Waals surface area contributed by atoms with Crippen LogP contribution in [0.15, 0.2) is 24.3 Å². The van der Waals surface area contributed by atoms with Crippen LogP contribution in [0.5, 0.6) is 0 Å². The highest BCUT2D eigenvalue weighted by atomic mass is 16.6. The van der Waals surface area contributed by atoms with E-state index in [1.807, 2.05) is 27.8 Å². The van der Waals surface area contributed by atoms with Crippen LogP contribution < -0.4 is 5.32 Å². The van der Waals surface area contributed by atoms with Gasteiger partial charge in [0.15, 0.2) is 0 Å². The van der Waals surface area contributed by atoms with E-state index in [1.54, 1.807) is 7.05 Å². The maximum Gasteiger partial charge on any atom is 0.410 e. The van der Waals surface area contributed by atoms with Crippen molar-refractivity contribution in [2.45, 2.75) is 39.4 Å². The molecule has 23 heavy (non-hydrogen) atoms. The molecule has 0 aliphatic rings. The number of likely N-dealkylation sites (N-methyl/N-ethyl adjacent to an activating group) is 2. The smallest absolute Gasteiger partial charge is 0.410 e. The monoisotopic (exact) mass is 322 g/mol. The van der Waals surface area contributed by atoms with Gasteiger partial charge in [-0.3, -0.25) is 0 Å². The van der Waals surface area contributed by atoms with Gasteiger partial charge in [0.1, 0.15) is 5.60 Å². The van der Waals surface area contributed by atoms with E-state index in [0.717, 1.165) is 18.5 Å². The molecule has 1 aromatic carbocycles. The number of benzene rings is 1. The lowest BCUT2D eigenvalue weighted by Crippen LogP contribution is -2.36. The van der Waals surface area contributed by atoms with E-state index >= 15 is 0 Å². The largest absolute Gasteiger partial charge is 0.444 e. The molecule has 0 fully saturated rings. The molecular formula is C18H30N2O3. The zero-order valence-corrected chi connectivity index (χ0v) is 15.0. The van der Waals surface area contributed by atoms with Crippen molar-refractivity contribution < 1.29 is 14.3 Å². The molecule has 130 valence electrons. The standard InChI is InChI=1S/C18H30N2O3/c1-18(2,3)23-17(21)20(5)11-12-22-14-16-8-6-7-15(13-16)9-10-19-4/h6-8,13,19H,9-12,14H2,1-5H3. The van der Waals surface area contributed by atoms with Crippen molar-refractivity contribution in [1.29, 1.82) is 0 Å². The number of nitrogens with one attached hydrogen (secondary N) is 1. The highest BCUT2D eigenvalue weighted by molar-refractivity contribution is 5.67. The summed E-state index contributed by atoms with van der Waals surface area (Å²) in [6.45, 7) is 8.08. The minimum Gasteiger partial charge on any atom is -0.444 e. The third-order valence-electron chi connectivity index (χ3n) is 3.20. The molecule has 0 saturated carbocycles. The molecule has 0 aliphatic carbocycles. The molecule has 1 amide bonds. The lowest BCUT2D eigenvalue weighted by atomic mass is 10.1. The average Bonchev–Trinajstić information content (AvgIpc) is 2.48. The van der Waals surface area contributed by atoms with E-state index in [2.05, 4.69) is 29.6 Å². The van der Waals surface area contributed by atoms with Gasteiger partial charge in [-0.2, -0.15) is 0 Å². The topological polar surface area (TPSA) is 50.8 Å². The summed E-state index contributed by atoms with van der Waals surface area (Å²) in [6, 6.07) is 8.39. The minimum absolute atomic E-state index is 0.324. The van der Waals surface area contributed by atoms with Crippen molar-refractivity contribution in [3.63, 3.8) is 0 Å². The first-order valence-electron chi connectivity index (χ1n) is 8.06. The van der Waals surface area contributed by atoms with Crippen molar-refractivity contribution in [2.75, 3.05) is 33.8 Å². The van der Waals surface area contributed by atoms with Crippen LogP contribution in [0.1, 0.15) is 31.9 Å². The summed E-state index contributed by atoms with van der Waals surface area (Å²) in [5, 5.41) is 3.15. The van der Waals surface area contributed by atoms with Gasteiger partial charge in [0.2, 0.25) is 0 Å². The van der Waals surface area contributed by atoms with E-state index in [-0.39, 0.29) is 6.09 Å². The highest BCUT2D eigenvalue weighted by Crippen LogP contribution is 2.09. The molecule has 0 saturated heterocycles. The van der Waals surface area contributed by atoms with E-state index < -0.39 is 5.60 Å². The van der Waals surface area contributed by atoms with Crippen LogP contribution in [0.25, 0.3) is 0 Å². The van der Waals surface area contributed by atoms with E-state index in [0.29, 0.717) is 19.8 Å². The lowest BCUT2D eigenvalue weighted by Gasteiger charge is -2.24. The molecule has 5 heteroatoms. The summed E-state index contributed by atoms with van der Waals surface area (Å²) in [7, 11) is 3.67. The van der Waals surface area contributed by atoms with Gasteiger partial charge in [0.25, 0.3) is 0 Å². The number of nitrogens with zero attached hydrogens (tertiary/aromatic N) is 1. The molecule has 5 nitrogen and oxygen atoms in total. The minimum atomic E-state index is -0.472. The Morgan fingerprint density at radius 1 is 1.26 bits per heavy atom. The Bertz CT molecular complexity index is 483. The maximum absolute atomic E-state index is 11.8. The summed E-state index contributed by atoms with van der Waals surface area (Å²) in [5.41, 5.74) is 1.98. The molecule has 0 unspecified atom stereocenters. The highest BCUT2D eigenvalue weighted by Gasteiger charge is 2.19. The van der Waals surface area contributed by atoms with Gasteiger partial charge in [-0.25, -0.2) is 4.79 Å². The Balaban J connectivity index is 2.30. The Morgan fingerprint density at radius 3 is 2.61 bits per heavy atom. The average molecular weight is 322 g/mol. The number of carbonyl (C=O) groups is 1. The van der Waals surface area contributed by atoms with E-state index in [9.17, 15) is 4.79 Å². The number of rotatable bonds is 8. The Labute approximate surface area is 140 Å². The molecule has 1 rings (SSSR count). The fourth-order valence-corrected chi connectivity index (χ4v) is 1.97. The van der Waals surface area contributed by atoms with Gasteiger partial charge in [0, 0.05) is 13.6 Å². The van der Waals surface area contributed by atoms with Crippen molar-refractivity contribution in [3.05, 3.63) is 35.4 Å². The molecule has 0 spiro atoms. The first kappa shape index (κ1) is 19.5. The van der Waals surface area contributed by atoms with Crippen LogP contribution >= 0.6 is 0 Å². The molecule has 1 aromatic rings. The van der Waals surface area contributed by atoms with Gasteiger partial charge in [-0.15, -0.1) is 0 Å². The number of ether oxygens (including phenoxy) is 2. The summed E-state index contributed by atoms with van der Waals surface area (Å²) in [4.78, 5) is 13.3. The first-order chi connectivity index (χ1) is 10.8. The Kier molecular flexibility index (Phi) is 8.06. The molecule has 0 atom stereocenters. The van der Waals surface area contributed by atoms with Crippen molar-refractivity contribution >= 4 is 6.09 Å². The number of hydrogen-bond acceptors (Lipinski definition) is 4. The van der Waals surface area contributed by atoms with Crippen molar-refractivity contribution in [1.82, 2.24) is 10.2 Å². The second-order valence-electron chi connectivity index (χ2n) is 6.63. The van der Waals surface area contributed by atoms with E-state index in [4.69, 9.17) is 9.47 Å². The van der Waals surface area contributed by atoms with Crippen molar-refractivity contribution in [3.8, 4) is 0 Å². The molecular weight excluding hydrogens is 292 g/mol. The quantitative estimate of drug-likeness (QED) is 0.748. The zero-order valence-electron chi connectivity index (χ0n) is 15.0. The summed E-state index contributed by atoms with van der Waals surface area (Å²) >= 11 is 0. The van der Waals surface area contributed by atoms with Crippen LogP contribution in [0, 0.1) is 0 Å². The summed E-state index contributed by atoms with van der Waals surface area (Å²) in [6.07, 6.45) is 0.682. The molecule has 0 aromatic heterocycles. The maximum atomic E-state index is 11.8. The Hall–Kier alpha value is -1.59. The fourth-order valence-electron chi connectivity index (χ4n) is 1.97. The predicted molar refractivity (Wildman–Crippen MR) is 92.6 cm³/mol. The van der Waals surface area contributed by atoms with Crippen LogP contribution in [-0.4, -0.2) is 50.4 Å². The first-order valence-corrected chi connectivity index (χ1v) is 8.06. The van der Waals surface area contributed by atoms with Gasteiger partial charge in [-0.05, 0) is 51.9 Å². The van der Waals surface area contributed by atoms with Crippen LogP contribution in [0.2, 0.25) is 0 Å². The summed E-state index contributed by atoms with van der Waals surface area (Å²) in [5.74, 6) is 0. The predicted octanol–water partition coefficient (Wildman–Crippen LogP) is 2.83. The number of carbonyl (C=O) groups excluding carboxylic acids is 1. The molecule has 0 heterocycles. The van der Waals surface area contributed by atoms with E-state index in [1.165, 1.54) is 10.5 Å². The van der Waals surface area contributed by atoms with Crippen LogP contribution in [0.4, 0.5) is 4.79 Å². The normalized spacial score (nSPS) is 11.3. The fraction of sp³-hybridized carbons (Fsp3) is 0.611. The van der Waals surface area contributed by atoms with Crippen LogP contribution in [-0.2, 0) is 22.5 Å². The van der Waals surface area contributed by atoms with Gasteiger partial charge in [0.05, 0.1) is 13.2 Å². The molecule has 1 N–H and O–H groups in total. The second-order valence-corrected chi connectivity index (χ2v) is 6.63. The second kappa shape index (κ2) is 9.53. The summed E-state index contributed by atoms with van der Waals surface area (Å²) < 4.78 is 11.0. The van der Waals surface area contributed by atoms with Gasteiger partial charge >= 0.3 is 6.09 Å². The molecule has 0 radical (unpaired) electrons. The molecule has 0 aliphatic heterocycles. The SMILES string of the molecule is CNCCc1cccc(COCCN(C)C(=O)OC(C)(C)C)c1. The van der Waals surface area contributed by atoms with Crippen molar-refractivity contribution in [2.24, 2.45) is 0 Å². The lowest BCUT2D eigenvalue weighted by molar-refractivity contribution is 0.0221. The third kappa shape index (κ3) is 8.57. The van der Waals surface area contributed by atoms with Gasteiger partial charge < -0.3 is 19.7 Å². The number of amides is 1. The van der Waals surface area contributed by atoms with Crippen LogP contribution in [0.3, 0.4) is 0 Å².